The normalized spacial score (nSPS) is 17.2. The van der Waals surface area contributed by atoms with Crippen molar-refractivity contribution in [3.8, 4) is 5.75 Å². The van der Waals surface area contributed by atoms with Crippen LogP contribution in [0.25, 0.3) is 10.8 Å². The first-order chi connectivity index (χ1) is 21.9. The molecule has 4 aromatic rings. The summed E-state index contributed by atoms with van der Waals surface area (Å²) in [5.74, 6) is -3.13. The number of para-hydroxylation sites is 1. The molecule has 0 aromatic heterocycles. The molecule has 240 valence electrons. The number of benzene rings is 4. The van der Waals surface area contributed by atoms with Crippen LogP contribution in [0.15, 0.2) is 89.8 Å². The molecule has 1 heterocycles. The van der Waals surface area contributed by atoms with Gasteiger partial charge in [0.25, 0.3) is 15.9 Å². The number of carboxylic acid groups (broad SMARTS) is 1. The van der Waals surface area contributed by atoms with Gasteiger partial charge in [-0.15, -0.1) is 0 Å². The van der Waals surface area contributed by atoms with Crippen LogP contribution in [0, 0.1) is 11.7 Å². The summed E-state index contributed by atoms with van der Waals surface area (Å²) < 4.78 is 48.8. The Hall–Kier alpha value is -5.17. The number of fused-ring (bicyclic) bond motifs is 2. The number of rotatable bonds is 8. The number of ether oxygens (including phenoxy) is 1. The van der Waals surface area contributed by atoms with E-state index in [-0.39, 0.29) is 35.0 Å². The number of sulfonamides is 1. The van der Waals surface area contributed by atoms with Gasteiger partial charge in [-0.1, -0.05) is 49.4 Å². The van der Waals surface area contributed by atoms with E-state index in [4.69, 9.17) is 4.74 Å². The molecule has 4 aromatic carbocycles. The quantitative estimate of drug-likeness (QED) is 0.237. The van der Waals surface area contributed by atoms with Crippen molar-refractivity contribution < 1.29 is 37.0 Å². The van der Waals surface area contributed by atoms with Gasteiger partial charge in [0, 0.05) is 24.9 Å². The van der Waals surface area contributed by atoms with E-state index in [0.29, 0.717) is 5.69 Å². The van der Waals surface area contributed by atoms with Crippen molar-refractivity contribution in [3.05, 3.63) is 96.3 Å². The molecule has 3 amide bonds. The average Bonchev–Trinajstić information content (AvgIpc) is 3.02. The molecule has 1 aliphatic rings. The third-order valence-electron chi connectivity index (χ3n) is 7.92. The molecule has 0 radical (unpaired) electrons. The highest BCUT2D eigenvalue weighted by atomic mass is 32.2. The van der Waals surface area contributed by atoms with Crippen molar-refractivity contribution in [2.75, 3.05) is 30.2 Å². The van der Waals surface area contributed by atoms with Gasteiger partial charge in [0.05, 0.1) is 28.4 Å². The number of urea groups is 1. The van der Waals surface area contributed by atoms with E-state index in [1.54, 1.807) is 20.0 Å². The molecule has 0 spiro atoms. The summed E-state index contributed by atoms with van der Waals surface area (Å²) in [6, 6.07) is 20.0. The molecule has 0 saturated carbocycles. The zero-order chi connectivity index (χ0) is 33.2. The van der Waals surface area contributed by atoms with Crippen LogP contribution in [-0.2, 0) is 14.8 Å². The summed E-state index contributed by atoms with van der Waals surface area (Å²) in [7, 11) is -2.68. The molecule has 46 heavy (non-hydrogen) atoms. The SMILES string of the molecule is C[C@@H]1CN([C@@H](C)C(=O)O)C(=O)c2cccc(NS(=O)(=O)c3ccc(F)cc3)c2O[C@@H]1CN(C)C(=O)Nc1cccc2ccccc12. The van der Waals surface area contributed by atoms with Gasteiger partial charge in [-0.05, 0) is 54.8 Å². The lowest BCUT2D eigenvalue weighted by Crippen LogP contribution is -2.51. The highest BCUT2D eigenvalue weighted by Gasteiger charge is 2.37. The Morgan fingerprint density at radius 3 is 2.39 bits per heavy atom. The second-order valence-corrected chi connectivity index (χ2v) is 12.9. The van der Waals surface area contributed by atoms with Crippen LogP contribution in [0.3, 0.4) is 0 Å². The van der Waals surface area contributed by atoms with Crippen LogP contribution in [0.5, 0.6) is 5.75 Å². The van der Waals surface area contributed by atoms with Crippen LogP contribution < -0.4 is 14.8 Å². The van der Waals surface area contributed by atoms with Gasteiger partial charge in [-0.25, -0.2) is 22.4 Å². The number of carbonyl (C=O) groups is 3. The van der Waals surface area contributed by atoms with Crippen LogP contribution >= 0.6 is 0 Å². The number of nitrogens with one attached hydrogen (secondary N) is 2. The summed E-state index contributed by atoms with van der Waals surface area (Å²) in [5, 5.41) is 14.5. The predicted molar refractivity (Wildman–Crippen MR) is 171 cm³/mol. The molecule has 3 N–H and O–H groups in total. The molecule has 0 bridgehead atoms. The second kappa shape index (κ2) is 13.1. The van der Waals surface area contributed by atoms with E-state index in [9.17, 15) is 32.3 Å². The lowest BCUT2D eigenvalue weighted by molar-refractivity contribution is -0.142. The first-order valence-electron chi connectivity index (χ1n) is 14.5. The number of halogens is 1. The van der Waals surface area contributed by atoms with Crippen molar-refractivity contribution in [1.82, 2.24) is 9.80 Å². The number of likely N-dealkylation sites (N-methyl/N-ethyl adjacent to an activating group) is 1. The fraction of sp³-hybridized carbons (Fsp3) is 0.242. The smallest absolute Gasteiger partial charge is 0.326 e. The van der Waals surface area contributed by atoms with Gasteiger partial charge >= 0.3 is 12.0 Å². The standard InChI is InChI=1S/C33H33FN4O7S/c1-20-18-38(21(2)32(40)41)31(39)26-11-7-13-28(36-46(43,44)24-16-14-23(34)15-17-24)30(26)45-29(20)19-37(3)33(42)35-27-12-6-9-22-8-4-5-10-25(22)27/h4-17,20-21,29,36H,18-19H2,1-3H3,(H,35,42)(H,40,41)/t20-,21+,29-/m1/s1. The number of hydrogen-bond donors (Lipinski definition) is 3. The largest absolute Gasteiger partial charge is 0.485 e. The van der Waals surface area contributed by atoms with Gasteiger partial charge in [0.1, 0.15) is 18.0 Å². The van der Waals surface area contributed by atoms with Gasteiger partial charge < -0.3 is 25.0 Å². The minimum Gasteiger partial charge on any atom is -0.485 e. The summed E-state index contributed by atoms with van der Waals surface area (Å²) in [5.41, 5.74) is 0.462. The van der Waals surface area contributed by atoms with Crippen LogP contribution in [0.1, 0.15) is 24.2 Å². The number of carboxylic acids is 1. The molecule has 0 unspecified atom stereocenters. The zero-order valence-corrected chi connectivity index (χ0v) is 26.1. The van der Waals surface area contributed by atoms with Crippen LogP contribution in [0.2, 0.25) is 0 Å². The molecule has 3 atom stereocenters. The highest BCUT2D eigenvalue weighted by Crippen LogP contribution is 2.36. The Bertz CT molecular complexity index is 1900. The van der Waals surface area contributed by atoms with E-state index >= 15 is 0 Å². The highest BCUT2D eigenvalue weighted by molar-refractivity contribution is 7.92. The molecule has 13 heteroatoms. The lowest BCUT2D eigenvalue weighted by atomic mass is 9.99. The zero-order valence-electron chi connectivity index (χ0n) is 25.3. The average molecular weight is 649 g/mol. The number of nitrogens with zero attached hydrogens (tertiary/aromatic N) is 2. The van der Waals surface area contributed by atoms with Gasteiger partial charge in [-0.3, -0.25) is 9.52 Å². The molecular formula is C33H33FN4O7S. The molecule has 11 nitrogen and oxygen atoms in total. The number of aliphatic carboxylic acids is 1. The predicted octanol–water partition coefficient (Wildman–Crippen LogP) is 5.26. The molecular weight excluding hydrogens is 615 g/mol. The van der Waals surface area contributed by atoms with Gasteiger partial charge in [0.2, 0.25) is 0 Å². The Kier molecular flexibility index (Phi) is 9.15. The third kappa shape index (κ3) is 6.74. The Morgan fingerprint density at radius 2 is 1.67 bits per heavy atom. The number of hydrogen-bond acceptors (Lipinski definition) is 6. The topological polar surface area (TPSA) is 145 Å². The third-order valence-corrected chi connectivity index (χ3v) is 9.30. The minimum atomic E-state index is -4.26. The van der Waals surface area contributed by atoms with Crippen molar-refractivity contribution in [1.29, 1.82) is 0 Å². The fourth-order valence-electron chi connectivity index (χ4n) is 5.25. The molecule has 0 fully saturated rings. The van der Waals surface area contributed by atoms with Crippen molar-refractivity contribution in [2.24, 2.45) is 5.92 Å². The number of amides is 3. The van der Waals surface area contributed by atoms with E-state index in [1.165, 1.54) is 34.9 Å². The Morgan fingerprint density at radius 1 is 1.02 bits per heavy atom. The maximum Gasteiger partial charge on any atom is 0.326 e. The number of anilines is 2. The maximum atomic E-state index is 13.7. The van der Waals surface area contributed by atoms with Crippen molar-refractivity contribution in [2.45, 2.75) is 30.9 Å². The Labute approximate surface area is 265 Å². The maximum absolute atomic E-state index is 13.7. The second-order valence-electron chi connectivity index (χ2n) is 11.2. The fourth-order valence-corrected chi connectivity index (χ4v) is 6.31. The first-order valence-corrected chi connectivity index (χ1v) is 16.0. The summed E-state index contributed by atoms with van der Waals surface area (Å²) in [6.45, 7) is 3.13. The summed E-state index contributed by atoms with van der Waals surface area (Å²) >= 11 is 0. The van der Waals surface area contributed by atoms with E-state index in [0.717, 1.165) is 35.0 Å². The van der Waals surface area contributed by atoms with Crippen LogP contribution in [0.4, 0.5) is 20.6 Å². The van der Waals surface area contributed by atoms with E-state index < -0.39 is 51.8 Å². The molecule has 0 saturated heterocycles. The Balaban J connectivity index is 1.48. The van der Waals surface area contributed by atoms with Gasteiger partial charge in [0.15, 0.2) is 5.75 Å². The molecule has 0 aliphatic carbocycles. The first kappa shape index (κ1) is 32.2. The van der Waals surface area contributed by atoms with Crippen molar-refractivity contribution in [3.63, 3.8) is 0 Å². The van der Waals surface area contributed by atoms with Gasteiger partial charge in [-0.2, -0.15) is 0 Å². The van der Waals surface area contributed by atoms with Crippen LogP contribution in [-0.4, -0.2) is 73.5 Å². The van der Waals surface area contributed by atoms with E-state index in [1.807, 2.05) is 36.4 Å². The summed E-state index contributed by atoms with van der Waals surface area (Å²) in [4.78, 5) is 41.5. The lowest BCUT2D eigenvalue weighted by Gasteiger charge is -2.38. The van der Waals surface area contributed by atoms with E-state index in [2.05, 4.69) is 10.0 Å². The minimum absolute atomic E-state index is 0.000263. The molecule has 1 aliphatic heterocycles. The number of carbonyl (C=O) groups excluding carboxylic acids is 2. The molecule has 5 rings (SSSR count). The summed E-state index contributed by atoms with van der Waals surface area (Å²) in [6.07, 6.45) is -0.810. The monoisotopic (exact) mass is 648 g/mol. The van der Waals surface area contributed by atoms with Crippen molar-refractivity contribution >= 4 is 50.1 Å².